The first-order chi connectivity index (χ1) is 15.9. The first kappa shape index (κ1) is 23.2. The van der Waals surface area contributed by atoms with Crippen molar-refractivity contribution in [1.82, 2.24) is 9.47 Å². The number of benzene rings is 2. The van der Waals surface area contributed by atoms with Gasteiger partial charge in [-0.1, -0.05) is 45.0 Å². The van der Waals surface area contributed by atoms with Crippen LogP contribution in [0.15, 0.2) is 54.7 Å². The number of aryl methyl sites for hydroxylation is 1. The molecule has 5 heteroatoms. The zero-order valence-electron chi connectivity index (χ0n) is 20.7. The molecule has 2 heterocycles. The second-order valence-electron chi connectivity index (χ2n) is 9.76. The third kappa shape index (κ3) is 4.74. The lowest BCUT2D eigenvalue weighted by Gasteiger charge is -2.31. The van der Waals surface area contributed by atoms with Crippen LogP contribution in [0, 0.1) is 0 Å². The normalized spacial score (nSPS) is 16.7. The standard InChI is InChI=1S/C28H36N2O3/c1-28(2,3)22-12-10-20(11-13-22)19-30-16-8-15-29-14-7-9-23(29)26(30)21-17-24(31-4)27(33-6)25(18-21)32-5/h7,9-14,17-18,26H,8,15-16,19H2,1-6H3/t26-/m0/s1. The van der Waals surface area contributed by atoms with E-state index in [0.717, 1.165) is 31.6 Å². The Kier molecular flexibility index (Phi) is 6.71. The largest absolute Gasteiger partial charge is 0.493 e. The van der Waals surface area contributed by atoms with E-state index in [-0.39, 0.29) is 11.5 Å². The molecule has 0 radical (unpaired) electrons. The summed E-state index contributed by atoms with van der Waals surface area (Å²) < 4.78 is 19.3. The van der Waals surface area contributed by atoms with Gasteiger partial charge in [0.15, 0.2) is 11.5 Å². The number of ether oxygens (including phenoxy) is 3. The molecular weight excluding hydrogens is 412 g/mol. The van der Waals surface area contributed by atoms with E-state index < -0.39 is 0 Å². The summed E-state index contributed by atoms with van der Waals surface area (Å²) in [4.78, 5) is 2.56. The highest BCUT2D eigenvalue weighted by molar-refractivity contribution is 5.55. The topological polar surface area (TPSA) is 35.9 Å². The number of methoxy groups -OCH3 is 3. The second kappa shape index (κ2) is 9.52. The maximum atomic E-state index is 5.68. The Bertz CT molecular complexity index is 1050. The van der Waals surface area contributed by atoms with Crippen LogP contribution in [0.25, 0.3) is 0 Å². The second-order valence-corrected chi connectivity index (χ2v) is 9.76. The average Bonchev–Trinajstić information content (AvgIpc) is 3.19. The molecule has 0 amide bonds. The molecule has 1 aliphatic rings. The lowest BCUT2D eigenvalue weighted by atomic mass is 9.86. The maximum Gasteiger partial charge on any atom is 0.203 e. The van der Waals surface area contributed by atoms with Gasteiger partial charge >= 0.3 is 0 Å². The predicted octanol–water partition coefficient (Wildman–Crippen LogP) is 5.81. The molecule has 3 aromatic rings. The molecule has 1 atom stereocenters. The van der Waals surface area contributed by atoms with Gasteiger partial charge in [-0.15, -0.1) is 0 Å². The van der Waals surface area contributed by atoms with Gasteiger partial charge < -0.3 is 18.8 Å². The highest BCUT2D eigenvalue weighted by Crippen LogP contribution is 2.43. The number of hydrogen-bond donors (Lipinski definition) is 0. The molecule has 0 saturated carbocycles. The highest BCUT2D eigenvalue weighted by atomic mass is 16.5. The summed E-state index contributed by atoms with van der Waals surface area (Å²) >= 11 is 0. The van der Waals surface area contributed by atoms with Crippen molar-refractivity contribution in [2.45, 2.75) is 51.7 Å². The summed E-state index contributed by atoms with van der Waals surface area (Å²) in [6.07, 6.45) is 3.28. The van der Waals surface area contributed by atoms with Crippen LogP contribution < -0.4 is 14.2 Å². The molecule has 176 valence electrons. The fourth-order valence-corrected chi connectivity index (χ4v) is 4.80. The van der Waals surface area contributed by atoms with Crippen LogP contribution in [0.5, 0.6) is 17.2 Å². The van der Waals surface area contributed by atoms with Crippen LogP contribution in [-0.4, -0.2) is 37.3 Å². The minimum Gasteiger partial charge on any atom is -0.493 e. The Hall–Kier alpha value is -2.92. The van der Waals surface area contributed by atoms with E-state index >= 15 is 0 Å². The number of rotatable bonds is 6. The van der Waals surface area contributed by atoms with Crippen molar-refractivity contribution < 1.29 is 14.2 Å². The van der Waals surface area contributed by atoms with Crippen molar-refractivity contribution in [1.29, 1.82) is 0 Å². The first-order valence-electron chi connectivity index (χ1n) is 11.6. The first-order valence-corrected chi connectivity index (χ1v) is 11.6. The van der Waals surface area contributed by atoms with Gasteiger partial charge in [-0.25, -0.2) is 0 Å². The van der Waals surface area contributed by atoms with Gasteiger partial charge in [-0.3, -0.25) is 4.90 Å². The van der Waals surface area contributed by atoms with E-state index in [9.17, 15) is 0 Å². The third-order valence-electron chi connectivity index (χ3n) is 6.56. The van der Waals surface area contributed by atoms with Crippen molar-refractivity contribution in [3.05, 3.63) is 77.1 Å². The van der Waals surface area contributed by atoms with Crippen molar-refractivity contribution >= 4 is 0 Å². The number of nitrogens with zero attached hydrogens (tertiary/aromatic N) is 2. The van der Waals surface area contributed by atoms with Crippen molar-refractivity contribution in [2.75, 3.05) is 27.9 Å². The lowest BCUT2D eigenvalue weighted by Crippen LogP contribution is -2.29. The van der Waals surface area contributed by atoms with E-state index in [1.165, 1.54) is 16.8 Å². The quantitative estimate of drug-likeness (QED) is 0.477. The van der Waals surface area contributed by atoms with Gasteiger partial charge in [0.2, 0.25) is 5.75 Å². The molecule has 1 aromatic heterocycles. The minimum atomic E-state index is 0.0819. The molecule has 33 heavy (non-hydrogen) atoms. The molecule has 0 fully saturated rings. The molecule has 0 aliphatic carbocycles. The van der Waals surface area contributed by atoms with Crippen LogP contribution >= 0.6 is 0 Å². The molecule has 0 spiro atoms. The molecule has 4 rings (SSSR count). The molecule has 0 unspecified atom stereocenters. The van der Waals surface area contributed by atoms with Crippen molar-refractivity contribution in [2.24, 2.45) is 0 Å². The summed E-state index contributed by atoms with van der Waals surface area (Å²) in [7, 11) is 4.99. The monoisotopic (exact) mass is 448 g/mol. The Balaban J connectivity index is 1.76. The lowest BCUT2D eigenvalue weighted by molar-refractivity contribution is 0.219. The van der Waals surface area contributed by atoms with Crippen LogP contribution in [-0.2, 0) is 18.5 Å². The van der Waals surface area contributed by atoms with Crippen LogP contribution in [0.1, 0.15) is 55.6 Å². The molecule has 1 aliphatic heterocycles. The number of hydrogen-bond acceptors (Lipinski definition) is 4. The zero-order valence-corrected chi connectivity index (χ0v) is 20.7. The van der Waals surface area contributed by atoms with Crippen LogP contribution in [0.4, 0.5) is 0 Å². The molecule has 2 aromatic carbocycles. The molecule has 0 bridgehead atoms. The average molecular weight is 449 g/mol. The summed E-state index contributed by atoms with van der Waals surface area (Å²) in [6, 6.07) is 17.7. The van der Waals surface area contributed by atoms with Gasteiger partial charge in [0.25, 0.3) is 0 Å². The molecule has 0 N–H and O–H groups in total. The fraction of sp³-hybridized carbons (Fsp3) is 0.429. The van der Waals surface area contributed by atoms with Gasteiger partial charge in [0, 0.05) is 31.5 Å². The molecule has 5 nitrogen and oxygen atoms in total. The zero-order chi connectivity index (χ0) is 23.6. The predicted molar refractivity (Wildman–Crippen MR) is 133 cm³/mol. The van der Waals surface area contributed by atoms with Gasteiger partial charge in [0.05, 0.1) is 27.4 Å². The Morgan fingerprint density at radius 2 is 1.55 bits per heavy atom. The smallest absolute Gasteiger partial charge is 0.203 e. The summed E-state index contributed by atoms with van der Waals surface area (Å²) in [5.41, 5.74) is 5.25. The Morgan fingerprint density at radius 1 is 0.879 bits per heavy atom. The van der Waals surface area contributed by atoms with Crippen molar-refractivity contribution in [3.63, 3.8) is 0 Å². The van der Waals surface area contributed by atoms with Gasteiger partial charge in [-0.2, -0.15) is 0 Å². The highest BCUT2D eigenvalue weighted by Gasteiger charge is 2.29. The third-order valence-corrected chi connectivity index (χ3v) is 6.56. The maximum absolute atomic E-state index is 5.68. The molecule has 0 saturated heterocycles. The van der Waals surface area contributed by atoms with E-state index in [1.54, 1.807) is 21.3 Å². The van der Waals surface area contributed by atoms with Gasteiger partial charge in [-0.05, 0) is 52.8 Å². The van der Waals surface area contributed by atoms with Crippen LogP contribution in [0.2, 0.25) is 0 Å². The Morgan fingerprint density at radius 3 is 2.12 bits per heavy atom. The van der Waals surface area contributed by atoms with E-state index in [1.807, 2.05) is 0 Å². The van der Waals surface area contributed by atoms with Crippen LogP contribution in [0.3, 0.4) is 0 Å². The number of aromatic nitrogens is 1. The molecular formula is C28H36N2O3. The summed E-state index contributed by atoms with van der Waals surface area (Å²) in [5.74, 6) is 1.99. The van der Waals surface area contributed by atoms with Crippen molar-refractivity contribution in [3.8, 4) is 17.2 Å². The van der Waals surface area contributed by atoms with Gasteiger partial charge in [0.1, 0.15) is 0 Å². The Labute approximate surface area is 197 Å². The SMILES string of the molecule is COc1cc([C@H]2c3cccn3CCCN2Cc2ccc(C(C)(C)C)cc2)cc(OC)c1OC. The van der Waals surface area contributed by atoms with E-state index in [4.69, 9.17) is 14.2 Å². The summed E-state index contributed by atoms with van der Waals surface area (Å²) in [6.45, 7) is 9.66. The fourth-order valence-electron chi connectivity index (χ4n) is 4.80. The minimum absolute atomic E-state index is 0.0819. The summed E-state index contributed by atoms with van der Waals surface area (Å²) in [5, 5.41) is 0. The van der Waals surface area contributed by atoms with E-state index in [2.05, 4.69) is 85.0 Å². The van der Waals surface area contributed by atoms with E-state index in [0.29, 0.717) is 17.2 Å². The number of fused-ring (bicyclic) bond motifs is 1.